The van der Waals surface area contributed by atoms with E-state index in [1.54, 1.807) is 45.9 Å². The fourth-order valence-electron chi connectivity index (χ4n) is 4.49. The summed E-state index contributed by atoms with van der Waals surface area (Å²) in [5.41, 5.74) is -1.47. The van der Waals surface area contributed by atoms with Gasteiger partial charge in [0.05, 0.1) is 26.3 Å². The van der Waals surface area contributed by atoms with Gasteiger partial charge in [-0.3, -0.25) is 9.59 Å². The number of benzene rings is 1. The molecule has 1 unspecified atom stereocenters. The number of aromatic nitrogens is 1. The molecule has 2 aromatic rings. The molecule has 0 aliphatic heterocycles. The van der Waals surface area contributed by atoms with Crippen molar-refractivity contribution in [1.29, 1.82) is 0 Å². The van der Waals surface area contributed by atoms with Crippen LogP contribution in [0.3, 0.4) is 0 Å². The first-order valence-electron chi connectivity index (χ1n) is 11.4. The number of hydrogen-bond donors (Lipinski definition) is 0. The van der Waals surface area contributed by atoms with E-state index in [1.165, 1.54) is 24.9 Å². The van der Waals surface area contributed by atoms with E-state index in [-0.39, 0.29) is 19.4 Å². The highest BCUT2D eigenvalue weighted by Gasteiger charge is 2.57. The number of carbonyl (C=O) groups is 4. The number of esters is 3. The van der Waals surface area contributed by atoms with E-state index >= 15 is 0 Å². The lowest BCUT2D eigenvalue weighted by atomic mass is 9.65. The van der Waals surface area contributed by atoms with Gasteiger partial charge in [-0.2, -0.15) is 0 Å². The van der Waals surface area contributed by atoms with Crippen molar-refractivity contribution in [3.8, 4) is 0 Å². The van der Waals surface area contributed by atoms with Crippen LogP contribution in [0.4, 0.5) is 4.79 Å². The van der Waals surface area contributed by atoms with Gasteiger partial charge in [0.15, 0.2) is 5.41 Å². The van der Waals surface area contributed by atoms with Crippen LogP contribution in [0, 0.1) is 5.41 Å². The SMILES string of the molecule is CCOC(=O)C1=CCC(C(=O)OC)(C(=O)OC)C(c2cc3ccccc3n2C(=O)OC(C)(C)C)C1. The number of methoxy groups -OCH3 is 2. The highest BCUT2D eigenvalue weighted by Crippen LogP contribution is 2.50. The number of hydrogen-bond acceptors (Lipinski definition) is 8. The van der Waals surface area contributed by atoms with Crippen LogP contribution in [0.5, 0.6) is 0 Å². The first-order valence-corrected chi connectivity index (χ1v) is 11.4. The fraction of sp³-hybridized carbons (Fsp3) is 0.462. The zero-order chi connectivity index (χ0) is 26.0. The van der Waals surface area contributed by atoms with Crippen LogP contribution in [0.15, 0.2) is 42.0 Å². The van der Waals surface area contributed by atoms with Gasteiger partial charge in [0.1, 0.15) is 5.60 Å². The summed E-state index contributed by atoms with van der Waals surface area (Å²) in [4.78, 5) is 52.4. The van der Waals surface area contributed by atoms with E-state index in [2.05, 4.69) is 0 Å². The summed E-state index contributed by atoms with van der Waals surface area (Å²) in [6, 6.07) is 8.85. The van der Waals surface area contributed by atoms with Crippen LogP contribution in [-0.2, 0) is 33.3 Å². The summed E-state index contributed by atoms with van der Waals surface area (Å²) in [6.07, 6.45) is 0.607. The lowest BCUT2D eigenvalue weighted by Gasteiger charge is -2.38. The van der Waals surface area contributed by atoms with E-state index in [9.17, 15) is 19.2 Å². The Balaban J connectivity index is 2.31. The van der Waals surface area contributed by atoms with Gasteiger partial charge in [-0.05, 0) is 52.7 Å². The quantitative estimate of drug-likeness (QED) is 0.353. The maximum atomic E-state index is 13.4. The van der Waals surface area contributed by atoms with Gasteiger partial charge >= 0.3 is 24.0 Å². The molecule has 3 rings (SSSR count). The first-order chi connectivity index (χ1) is 16.5. The number of para-hydroxylation sites is 1. The van der Waals surface area contributed by atoms with E-state index in [0.29, 0.717) is 22.2 Å². The molecule has 9 heteroatoms. The Morgan fingerprint density at radius 3 is 2.26 bits per heavy atom. The molecule has 9 nitrogen and oxygen atoms in total. The molecule has 1 atom stereocenters. The van der Waals surface area contributed by atoms with Crippen molar-refractivity contribution < 1.29 is 38.1 Å². The van der Waals surface area contributed by atoms with Gasteiger partial charge in [-0.15, -0.1) is 0 Å². The van der Waals surface area contributed by atoms with Crippen LogP contribution < -0.4 is 0 Å². The summed E-state index contributed by atoms with van der Waals surface area (Å²) in [5.74, 6) is -3.18. The summed E-state index contributed by atoms with van der Waals surface area (Å²) in [5, 5.41) is 0.698. The lowest BCUT2D eigenvalue weighted by molar-refractivity contribution is -0.172. The molecule has 1 heterocycles. The summed E-state index contributed by atoms with van der Waals surface area (Å²) in [6.45, 7) is 7.08. The summed E-state index contributed by atoms with van der Waals surface area (Å²) >= 11 is 0. The second-order valence-electron chi connectivity index (χ2n) is 9.31. The molecule has 0 saturated carbocycles. The number of rotatable bonds is 5. The van der Waals surface area contributed by atoms with E-state index in [1.807, 2.05) is 12.1 Å². The first kappa shape index (κ1) is 26.0. The van der Waals surface area contributed by atoms with Crippen molar-refractivity contribution in [3.63, 3.8) is 0 Å². The molecule has 188 valence electrons. The van der Waals surface area contributed by atoms with Crippen LogP contribution in [0.1, 0.15) is 52.1 Å². The predicted octanol–water partition coefficient (Wildman–Crippen LogP) is 4.12. The van der Waals surface area contributed by atoms with Gasteiger partial charge in [0.25, 0.3) is 0 Å². The van der Waals surface area contributed by atoms with Crippen LogP contribution in [0.25, 0.3) is 10.9 Å². The van der Waals surface area contributed by atoms with Crippen molar-refractivity contribution >= 4 is 34.9 Å². The summed E-state index contributed by atoms with van der Waals surface area (Å²) in [7, 11) is 2.36. The minimum atomic E-state index is -1.83. The van der Waals surface area contributed by atoms with E-state index in [0.717, 1.165) is 0 Å². The van der Waals surface area contributed by atoms with Crippen molar-refractivity contribution in [3.05, 3.63) is 47.7 Å². The van der Waals surface area contributed by atoms with Crippen LogP contribution in [0.2, 0.25) is 0 Å². The fourth-order valence-corrected chi connectivity index (χ4v) is 4.49. The zero-order valence-corrected chi connectivity index (χ0v) is 20.9. The highest BCUT2D eigenvalue weighted by molar-refractivity contribution is 6.03. The van der Waals surface area contributed by atoms with Gasteiger partial charge in [0, 0.05) is 22.6 Å². The number of ether oxygens (including phenoxy) is 4. The van der Waals surface area contributed by atoms with Gasteiger partial charge in [-0.25, -0.2) is 14.2 Å². The molecule has 0 radical (unpaired) electrons. The van der Waals surface area contributed by atoms with Crippen molar-refractivity contribution in [2.45, 2.75) is 52.1 Å². The minimum Gasteiger partial charge on any atom is -0.468 e. The molecule has 1 aliphatic carbocycles. The third-order valence-electron chi connectivity index (χ3n) is 6.00. The highest BCUT2D eigenvalue weighted by atomic mass is 16.6. The Morgan fingerprint density at radius 1 is 1.06 bits per heavy atom. The zero-order valence-electron chi connectivity index (χ0n) is 20.9. The average Bonchev–Trinajstić information content (AvgIpc) is 3.21. The molecule has 0 N–H and O–H groups in total. The summed E-state index contributed by atoms with van der Waals surface area (Å²) < 4.78 is 22.3. The Bertz CT molecular complexity index is 1170. The maximum Gasteiger partial charge on any atom is 0.419 e. The van der Waals surface area contributed by atoms with E-state index < -0.39 is 40.9 Å². The molecular weight excluding hydrogens is 454 g/mol. The largest absolute Gasteiger partial charge is 0.468 e. The molecular formula is C26H31NO8. The molecule has 0 amide bonds. The topological polar surface area (TPSA) is 110 Å². The second kappa shape index (κ2) is 9.93. The Hall–Kier alpha value is -3.62. The normalized spacial score (nSPS) is 17.3. The standard InChI is InChI=1S/C26H31NO8/c1-7-34-21(28)17-12-13-26(22(29)32-5,23(30)33-6)18(14-17)20-15-16-10-8-9-11-19(16)27(20)24(31)35-25(2,3)4/h8-12,15,18H,7,13-14H2,1-6H3. The van der Waals surface area contributed by atoms with Crippen LogP contribution in [-0.4, -0.2) is 55.0 Å². The maximum absolute atomic E-state index is 13.4. The van der Waals surface area contributed by atoms with Crippen LogP contribution >= 0.6 is 0 Å². The third-order valence-corrected chi connectivity index (χ3v) is 6.00. The molecule has 1 aliphatic rings. The van der Waals surface area contributed by atoms with Crippen molar-refractivity contribution in [2.24, 2.45) is 5.41 Å². The smallest absolute Gasteiger partial charge is 0.419 e. The molecule has 0 bridgehead atoms. The molecule has 0 saturated heterocycles. The number of allylic oxidation sites excluding steroid dienone is 1. The van der Waals surface area contributed by atoms with E-state index in [4.69, 9.17) is 18.9 Å². The molecule has 1 aromatic carbocycles. The molecule has 0 spiro atoms. The minimum absolute atomic E-state index is 0.0534. The lowest BCUT2D eigenvalue weighted by Crippen LogP contribution is -2.48. The Kier molecular flexibility index (Phi) is 7.38. The molecule has 1 aromatic heterocycles. The van der Waals surface area contributed by atoms with Gasteiger partial charge in [-0.1, -0.05) is 24.3 Å². The Morgan fingerprint density at radius 2 is 1.69 bits per heavy atom. The van der Waals surface area contributed by atoms with Gasteiger partial charge < -0.3 is 18.9 Å². The molecule has 0 fully saturated rings. The van der Waals surface area contributed by atoms with Crippen molar-refractivity contribution in [1.82, 2.24) is 4.57 Å². The second-order valence-corrected chi connectivity index (χ2v) is 9.31. The average molecular weight is 486 g/mol. The van der Waals surface area contributed by atoms with Gasteiger partial charge in [0.2, 0.25) is 0 Å². The predicted molar refractivity (Wildman–Crippen MR) is 127 cm³/mol. The number of fused-ring (bicyclic) bond motifs is 1. The molecule has 35 heavy (non-hydrogen) atoms. The number of nitrogens with zero attached hydrogens (tertiary/aromatic N) is 1. The monoisotopic (exact) mass is 485 g/mol. The van der Waals surface area contributed by atoms with Crippen molar-refractivity contribution in [2.75, 3.05) is 20.8 Å². The Labute approximate surface area is 204 Å². The third kappa shape index (κ3) is 4.80. The number of carbonyl (C=O) groups excluding carboxylic acids is 4.